The fourth-order valence-corrected chi connectivity index (χ4v) is 4.47. The second-order valence-electron chi connectivity index (χ2n) is 8.51. The zero-order chi connectivity index (χ0) is 26.0. The Kier molecular flexibility index (Phi) is 8.00. The molecule has 10 nitrogen and oxygen atoms in total. The van der Waals surface area contributed by atoms with Crippen LogP contribution in [0.2, 0.25) is 0 Å². The number of fused-ring (bicyclic) bond motifs is 1. The van der Waals surface area contributed by atoms with E-state index >= 15 is 4.39 Å². The number of hydrogen-bond acceptors (Lipinski definition) is 8. The predicted octanol–water partition coefficient (Wildman–Crippen LogP) is 1.63. The van der Waals surface area contributed by atoms with Gasteiger partial charge in [-0.2, -0.15) is 4.39 Å². The maximum absolute atomic E-state index is 15.0. The van der Waals surface area contributed by atoms with Crippen molar-refractivity contribution in [2.45, 2.75) is 25.5 Å². The van der Waals surface area contributed by atoms with Crippen LogP contribution in [0.3, 0.4) is 0 Å². The first-order valence-electron chi connectivity index (χ1n) is 11.2. The Morgan fingerprint density at radius 2 is 2.03 bits per heavy atom. The number of benzene rings is 1. The Bertz CT molecular complexity index is 1420. The smallest absolute Gasteiger partial charge is 0.309 e. The molecule has 0 bridgehead atoms. The van der Waals surface area contributed by atoms with Gasteiger partial charge in [0.1, 0.15) is 30.2 Å². The first-order chi connectivity index (χ1) is 17.2. The van der Waals surface area contributed by atoms with Gasteiger partial charge in [0.2, 0.25) is 5.82 Å². The van der Waals surface area contributed by atoms with Crippen molar-refractivity contribution in [3.8, 4) is 0 Å². The quantitative estimate of drug-likeness (QED) is 0.271. The van der Waals surface area contributed by atoms with Crippen molar-refractivity contribution in [2.75, 3.05) is 25.0 Å². The molecule has 1 saturated heterocycles. The lowest BCUT2D eigenvalue weighted by atomic mass is 9.99. The summed E-state index contributed by atoms with van der Waals surface area (Å²) in [6.07, 6.45) is 1.15. The Morgan fingerprint density at radius 3 is 2.72 bits per heavy atom. The molecular weight excluding hydrogens is 591 g/mol. The van der Waals surface area contributed by atoms with E-state index in [-0.39, 0.29) is 35.8 Å². The Balaban J connectivity index is 1.63. The summed E-state index contributed by atoms with van der Waals surface area (Å²) in [5, 5.41) is 15.8. The van der Waals surface area contributed by atoms with Gasteiger partial charge in [0.05, 0.1) is 23.8 Å². The van der Waals surface area contributed by atoms with E-state index in [0.29, 0.717) is 29.5 Å². The highest BCUT2D eigenvalue weighted by atomic mass is 127. The van der Waals surface area contributed by atoms with Crippen LogP contribution in [0.5, 0.6) is 0 Å². The number of piperidine rings is 1. The number of ether oxygens (including phenoxy) is 1. The molecule has 1 fully saturated rings. The highest BCUT2D eigenvalue weighted by molar-refractivity contribution is 14.1. The van der Waals surface area contributed by atoms with Crippen LogP contribution in [0.4, 0.5) is 20.2 Å². The molecule has 0 saturated carbocycles. The third-order valence-corrected chi connectivity index (χ3v) is 6.66. The number of nitrogens with zero attached hydrogens (tertiary/aromatic N) is 3. The minimum absolute atomic E-state index is 0.122. The van der Waals surface area contributed by atoms with Crippen LogP contribution < -0.4 is 21.8 Å². The number of nitrogens with one attached hydrogen (secondary N) is 2. The van der Waals surface area contributed by atoms with E-state index in [9.17, 15) is 23.9 Å². The fraction of sp³-hybridized carbons (Fsp3) is 0.391. The van der Waals surface area contributed by atoms with E-state index in [1.165, 1.54) is 19.2 Å². The van der Waals surface area contributed by atoms with Crippen LogP contribution in [0, 0.1) is 21.1 Å². The van der Waals surface area contributed by atoms with Crippen molar-refractivity contribution in [1.82, 2.24) is 19.4 Å². The zero-order valence-corrected chi connectivity index (χ0v) is 21.4. The van der Waals surface area contributed by atoms with E-state index < -0.39 is 40.5 Å². The Labute approximate surface area is 217 Å². The van der Waals surface area contributed by atoms with Crippen molar-refractivity contribution in [3.63, 3.8) is 0 Å². The second kappa shape index (κ2) is 11.0. The molecule has 0 amide bonds. The van der Waals surface area contributed by atoms with Gasteiger partial charge >= 0.3 is 5.97 Å². The molecule has 0 unspecified atom stereocenters. The van der Waals surface area contributed by atoms with Crippen molar-refractivity contribution < 1.29 is 23.4 Å². The minimum atomic E-state index is -1.28. The SMILES string of the molecule is Cn1c(=O)c(F)c(Nc2ccc(I)cc2F)c2c(=O)n(C[C@@H](O)COC(=O)C3CCNCC3)cnc21. The highest BCUT2D eigenvalue weighted by Gasteiger charge is 2.24. The molecule has 1 atom stereocenters. The molecule has 1 aromatic carbocycles. The van der Waals surface area contributed by atoms with Gasteiger partial charge < -0.3 is 20.5 Å². The maximum atomic E-state index is 15.0. The van der Waals surface area contributed by atoms with E-state index in [1.807, 2.05) is 22.6 Å². The number of anilines is 2. The molecule has 0 spiro atoms. The predicted molar refractivity (Wildman–Crippen MR) is 136 cm³/mol. The summed E-state index contributed by atoms with van der Waals surface area (Å²) in [5.74, 6) is -2.65. The summed E-state index contributed by atoms with van der Waals surface area (Å²) in [5.41, 5.74) is -2.60. The van der Waals surface area contributed by atoms with Crippen molar-refractivity contribution >= 4 is 51.0 Å². The van der Waals surface area contributed by atoms with Gasteiger partial charge in [-0.05, 0) is 66.7 Å². The number of aryl methyl sites for hydroxylation is 1. The van der Waals surface area contributed by atoms with Crippen molar-refractivity contribution in [3.05, 3.63) is 60.4 Å². The lowest BCUT2D eigenvalue weighted by molar-refractivity contribution is -0.152. The topological polar surface area (TPSA) is 127 Å². The zero-order valence-electron chi connectivity index (χ0n) is 19.3. The lowest BCUT2D eigenvalue weighted by Crippen LogP contribution is -2.35. The fourth-order valence-electron chi connectivity index (χ4n) is 4.02. The number of esters is 1. The number of hydrogen-bond donors (Lipinski definition) is 3. The van der Waals surface area contributed by atoms with Gasteiger partial charge in [0, 0.05) is 10.6 Å². The molecule has 0 radical (unpaired) electrons. The Morgan fingerprint density at radius 1 is 1.31 bits per heavy atom. The van der Waals surface area contributed by atoms with Crippen LogP contribution in [0.1, 0.15) is 12.8 Å². The number of rotatable bonds is 7. The van der Waals surface area contributed by atoms with Crippen LogP contribution in [0.25, 0.3) is 11.0 Å². The van der Waals surface area contributed by atoms with Crippen LogP contribution in [0.15, 0.2) is 34.1 Å². The van der Waals surface area contributed by atoms with Crippen LogP contribution in [-0.4, -0.2) is 51.0 Å². The number of aliphatic hydroxyl groups excluding tert-OH is 1. The first kappa shape index (κ1) is 26.2. The molecular formula is C23H24F2IN5O5. The largest absolute Gasteiger partial charge is 0.463 e. The number of carbonyl (C=O) groups is 1. The standard InChI is InChI=1S/C23H24F2IN5O5/c1-30-20-17(19(18(25)22(30)34)29-16-3-2-13(26)8-15(16)24)21(33)31(11-28-20)9-14(32)10-36-23(35)12-4-6-27-7-5-12/h2-3,8,11-12,14,27,29,32H,4-7,9-10H2,1H3/t14-/m1/s1. The third kappa shape index (κ3) is 5.42. The summed E-state index contributed by atoms with van der Waals surface area (Å²) < 4.78 is 37.2. The lowest BCUT2D eigenvalue weighted by Gasteiger charge is -2.22. The molecule has 3 N–H and O–H groups in total. The van der Waals surface area contributed by atoms with Crippen LogP contribution >= 0.6 is 22.6 Å². The van der Waals surface area contributed by atoms with Gasteiger partial charge in [-0.3, -0.25) is 23.5 Å². The number of halogens is 3. The van der Waals surface area contributed by atoms with E-state index in [1.54, 1.807) is 6.07 Å². The first-order valence-corrected chi connectivity index (χ1v) is 12.3. The van der Waals surface area contributed by atoms with Gasteiger partial charge in [0.25, 0.3) is 11.1 Å². The summed E-state index contributed by atoms with van der Waals surface area (Å²) in [7, 11) is 1.26. The third-order valence-electron chi connectivity index (χ3n) is 5.99. The molecule has 2 aromatic heterocycles. The minimum Gasteiger partial charge on any atom is -0.463 e. The molecule has 13 heteroatoms. The average molecular weight is 615 g/mol. The molecule has 36 heavy (non-hydrogen) atoms. The maximum Gasteiger partial charge on any atom is 0.309 e. The van der Waals surface area contributed by atoms with E-state index in [4.69, 9.17) is 4.74 Å². The normalized spacial score (nSPS) is 15.1. The number of aromatic nitrogens is 3. The number of pyridine rings is 1. The van der Waals surface area contributed by atoms with Gasteiger partial charge in [-0.15, -0.1) is 0 Å². The number of aliphatic hydroxyl groups is 1. The van der Waals surface area contributed by atoms with Gasteiger partial charge in [-0.25, -0.2) is 9.37 Å². The van der Waals surface area contributed by atoms with Crippen molar-refractivity contribution in [1.29, 1.82) is 0 Å². The molecule has 0 aliphatic carbocycles. The molecule has 3 aromatic rings. The molecule has 4 rings (SSSR count). The average Bonchev–Trinajstić information content (AvgIpc) is 2.87. The summed E-state index contributed by atoms with van der Waals surface area (Å²) in [6.45, 7) is 0.779. The monoisotopic (exact) mass is 615 g/mol. The van der Waals surface area contributed by atoms with Gasteiger partial charge in [-0.1, -0.05) is 0 Å². The Hall–Kier alpha value is -2.91. The highest BCUT2D eigenvalue weighted by Crippen LogP contribution is 2.26. The summed E-state index contributed by atoms with van der Waals surface area (Å²) in [4.78, 5) is 42.0. The molecule has 1 aliphatic rings. The van der Waals surface area contributed by atoms with Gasteiger partial charge in [0.15, 0.2) is 5.65 Å². The van der Waals surface area contributed by atoms with E-state index in [2.05, 4.69) is 15.6 Å². The summed E-state index contributed by atoms with van der Waals surface area (Å²) >= 11 is 1.91. The molecule has 1 aliphatic heterocycles. The number of carbonyl (C=O) groups excluding carboxylic acids is 1. The van der Waals surface area contributed by atoms with Crippen molar-refractivity contribution in [2.24, 2.45) is 13.0 Å². The second-order valence-corrected chi connectivity index (χ2v) is 9.76. The van der Waals surface area contributed by atoms with E-state index in [0.717, 1.165) is 15.5 Å². The molecule has 3 heterocycles. The van der Waals surface area contributed by atoms with Crippen LogP contribution in [-0.2, 0) is 23.1 Å². The summed E-state index contributed by atoms with van der Waals surface area (Å²) in [6, 6.07) is 4.14. The molecule has 192 valence electrons.